The van der Waals surface area contributed by atoms with Gasteiger partial charge in [-0.15, -0.1) is 0 Å². The largest absolute Gasteiger partial charge is 0.481 e. The molecule has 0 aromatic heterocycles. The van der Waals surface area contributed by atoms with Crippen molar-refractivity contribution in [1.29, 1.82) is 0 Å². The molecule has 0 aliphatic heterocycles. The van der Waals surface area contributed by atoms with Gasteiger partial charge in [-0.1, -0.05) is 44.2 Å². The van der Waals surface area contributed by atoms with Gasteiger partial charge in [0.1, 0.15) is 5.75 Å². The van der Waals surface area contributed by atoms with Crippen molar-refractivity contribution in [2.75, 3.05) is 0 Å². The molecule has 0 saturated heterocycles. The van der Waals surface area contributed by atoms with Gasteiger partial charge < -0.3 is 10.1 Å². The molecular formula is C18H23NO2. The molecule has 0 aliphatic carbocycles. The highest BCUT2D eigenvalue weighted by atomic mass is 16.5. The second-order valence-electron chi connectivity index (χ2n) is 5.34. The number of amides is 1. The predicted molar refractivity (Wildman–Crippen MR) is 86.6 cm³/mol. The summed E-state index contributed by atoms with van der Waals surface area (Å²) >= 11 is 0. The third-order valence-corrected chi connectivity index (χ3v) is 3.66. The monoisotopic (exact) mass is 285 g/mol. The molecule has 0 fully saturated rings. The predicted octanol–water partition coefficient (Wildman–Crippen LogP) is 3.91. The number of carbonyl (C=O) groups excluding carboxylic acids is 1. The Kier molecular flexibility index (Phi) is 5.20. The van der Waals surface area contributed by atoms with E-state index in [1.54, 1.807) is 0 Å². The highest BCUT2D eigenvalue weighted by Crippen LogP contribution is 2.22. The minimum absolute atomic E-state index is 0.0417. The lowest BCUT2D eigenvalue weighted by molar-refractivity contribution is -0.128. The van der Waals surface area contributed by atoms with Crippen LogP contribution in [-0.4, -0.2) is 18.1 Å². The van der Waals surface area contributed by atoms with Crippen LogP contribution < -0.4 is 10.1 Å². The summed E-state index contributed by atoms with van der Waals surface area (Å²) in [6.45, 7) is 6.01. The van der Waals surface area contributed by atoms with Crippen molar-refractivity contribution < 1.29 is 9.53 Å². The molecule has 0 radical (unpaired) electrons. The molecule has 3 heteroatoms. The zero-order valence-electron chi connectivity index (χ0n) is 12.9. The van der Waals surface area contributed by atoms with E-state index in [9.17, 15) is 4.79 Å². The number of rotatable bonds is 6. The van der Waals surface area contributed by atoms with Gasteiger partial charge >= 0.3 is 0 Å². The zero-order chi connectivity index (χ0) is 15.2. The van der Waals surface area contributed by atoms with Gasteiger partial charge in [0.2, 0.25) is 0 Å². The highest BCUT2D eigenvalue weighted by Gasteiger charge is 2.19. The Morgan fingerprint density at radius 3 is 2.48 bits per heavy atom. The molecule has 0 saturated carbocycles. The van der Waals surface area contributed by atoms with Gasteiger partial charge in [0.05, 0.1) is 0 Å². The molecule has 0 unspecified atom stereocenters. The maximum Gasteiger partial charge on any atom is 0.261 e. The van der Waals surface area contributed by atoms with E-state index in [0.717, 1.165) is 17.6 Å². The Hall–Kier alpha value is -2.03. The van der Waals surface area contributed by atoms with Crippen molar-refractivity contribution in [3.05, 3.63) is 42.5 Å². The van der Waals surface area contributed by atoms with Crippen molar-refractivity contribution in [1.82, 2.24) is 5.32 Å². The normalized spacial score (nSPS) is 13.7. The van der Waals surface area contributed by atoms with E-state index in [1.807, 2.05) is 50.2 Å². The van der Waals surface area contributed by atoms with Gasteiger partial charge in [-0.2, -0.15) is 0 Å². The lowest BCUT2D eigenvalue weighted by Gasteiger charge is -2.20. The van der Waals surface area contributed by atoms with E-state index in [4.69, 9.17) is 4.74 Å². The van der Waals surface area contributed by atoms with Gasteiger partial charge in [0.25, 0.3) is 5.91 Å². The van der Waals surface area contributed by atoms with Crippen LogP contribution in [0.1, 0.15) is 33.6 Å². The van der Waals surface area contributed by atoms with Crippen molar-refractivity contribution in [3.8, 4) is 5.75 Å². The summed E-state index contributed by atoms with van der Waals surface area (Å²) in [5.74, 6) is 0.694. The third-order valence-electron chi connectivity index (χ3n) is 3.66. The number of benzene rings is 2. The summed E-state index contributed by atoms with van der Waals surface area (Å²) in [5.41, 5.74) is 0. The summed E-state index contributed by atoms with van der Waals surface area (Å²) < 4.78 is 5.87. The molecule has 3 nitrogen and oxygen atoms in total. The molecule has 2 aromatic carbocycles. The Balaban J connectivity index is 2.10. The minimum Gasteiger partial charge on any atom is -0.481 e. The standard InChI is InChI=1S/C18H23NO2/c1-4-13(3)19-18(20)17(5-2)21-16-11-10-14-8-6-7-9-15(14)12-16/h6-13,17H,4-5H2,1-3H3,(H,19,20)/t13-,17+/m0/s1. The first-order chi connectivity index (χ1) is 10.1. The highest BCUT2D eigenvalue weighted by molar-refractivity contribution is 5.84. The first-order valence-corrected chi connectivity index (χ1v) is 7.59. The van der Waals surface area contributed by atoms with Crippen LogP contribution in [0.25, 0.3) is 10.8 Å². The number of hydrogen-bond donors (Lipinski definition) is 1. The average Bonchev–Trinajstić information content (AvgIpc) is 2.52. The molecule has 1 N–H and O–H groups in total. The van der Waals surface area contributed by atoms with Crippen LogP contribution in [0.4, 0.5) is 0 Å². The molecule has 0 heterocycles. The molecular weight excluding hydrogens is 262 g/mol. The fourth-order valence-corrected chi connectivity index (χ4v) is 2.17. The van der Waals surface area contributed by atoms with Crippen molar-refractivity contribution >= 4 is 16.7 Å². The zero-order valence-corrected chi connectivity index (χ0v) is 12.9. The molecule has 2 rings (SSSR count). The van der Waals surface area contributed by atoms with E-state index < -0.39 is 6.10 Å². The number of fused-ring (bicyclic) bond motifs is 1. The maximum absolute atomic E-state index is 12.2. The number of carbonyl (C=O) groups is 1. The average molecular weight is 285 g/mol. The van der Waals surface area contributed by atoms with Gasteiger partial charge in [-0.25, -0.2) is 0 Å². The number of ether oxygens (including phenoxy) is 1. The number of nitrogens with one attached hydrogen (secondary N) is 1. The van der Waals surface area contributed by atoms with E-state index in [0.29, 0.717) is 6.42 Å². The molecule has 0 aliphatic rings. The molecule has 2 aromatic rings. The topological polar surface area (TPSA) is 38.3 Å². The van der Waals surface area contributed by atoms with Crippen molar-refractivity contribution in [2.24, 2.45) is 0 Å². The van der Waals surface area contributed by atoms with Crippen molar-refractivity contribution in [2.45, 2.75) is 45.8 Å². The Bertz CT molecular complexity index is 609. The van der Waals surface area contributed by atoms with Crippen LogP contribution in [0.3, 0.4) is 0 Å². The van der Waals surface area contributed by atoms with Crippen LogP contribution in [-0.2, 0) is 4.79 Å². The van der Waals surface area contributed by atoms with E-state index >= 15 is 0 Å². The fourth-order valence-electron chi connectivity index (χ4n) is 2.17. The minimum atomic E-state index is -0.444. The quantitative estimate of drug-likeness (QED) is 0.873. The first kappa shape index (κ1) is 15.4. The summed E-state index contributed by atoms with van der Waals surface area (Å²) in [6.07, 6.45) is 1.12. The molecule has 0 spiro atoms. The number of hydrogen-bond acceptors (Lipinski definition) is 2. The second kappa shape index (κ2) is 7.11. The van der Waals surface area contributed by atoms with E-state index in [-0.39, 0.29) is 11.9 Å². The fraction of sp³-hybridized carbons (Fsp3) is 0.389. The van der Waals surface area contributed by atoms with Crippen LogP contribution in [0.2, 0.25) is 0 Å². The second-order valence-corrected chi connectivity index (χ2v) is 5.34. The van der Waals surface area contributed by atoms with Gasteiger partial charge in [0.15, 0.2) is 6.10 Å². The van der Waals surface area contributed by atoms with Crippen LogP contribution in [0.5, 0.6) is 5.75 Å². The smallest absolute Gasteiger partial charge is 0.261 e. The maximum atomic E-state index is 12.2. The van der Waals surface area contributed by atoms with Crippen LogP contribution in [0, 0.1) is 0 Å². The van der Waals surface area contributed by atoms with E-state index in [1.165, 1.54) is 5.39 Å². The molecule has 2 atom stereocenters. The lowest BCUT2D eigenvalue weighted by atomic mass is 10.1. The summed E-state index contributed by atoms with van der Waals surface area (Å²) in [6, 6.07) is 14.2. The Labute approximate surface area is 126 Å². The lowest BCUT2D eigenvalue weighted by Crippen LogP contribution is -2.42. The third kappa shape index (κ3) is 3.97. The van der Waals surface area contributed by atoms with E-state index in [2.05, 4.69) is 18.3 Å². The molecule has 0 bridgehead atoms. The van der Waals surface area contributed by atoms with Gasteiger partial charge in [-0.3, -0.25) is 4.79 Å². The molecule has 21 heavy (non-hydrogen) atoms. The van der Waals surface area contributed by atoms with Gasteiger partial charge in [0, 0.05) is 6.04 Å². The summed E-state index contributed by atoms with van der Waals surface area (Å²) in [7, 11) is 0. The Morgan fingerprint density at radius 1 is 1.10 bits per heavy atom. The van der Waals surface area contributed by atoms with Crippen LogP contribution >= 0.6 is 0 Å². The van der Waals surface area contributed by atoms with Crippen LogP contribution in [0.15, 0.2) is 42.5 Å². The van der Waals surface area contributed by atoms with Crippen molar-refractivity contribution in [3.63, 3.8) is 0 Å². The SMILES string of the molecule is CC[C@H](C)NC(=O)[C@@H](CC)Oc1ccc2ccccc2c1. The Morgan fingerprint density at radius 2 is 1.81 bits per heavy atom. The van der Waals surface area contributed by atoms with Gasteiger partial charge in [-0.05, 0) is 42.7 Å². The summed E-state index contributed by atoms with van der Waals surface area (Å²) in [4.78, 5) is 12.2. The first-order valence-electron chi connectivity index (χ1n) is 7.59. The molecule has 1 amide bonds. The summed E-state index contributed by atoms with van der Waals surface area (Å²) in [5, 5.41) is 5.26. The molecule has 112 valence electrons.